The maximum absolute atomic E-state index is 11.9. The summed E-state index contributed by atoms with van der Waals surface area (Å²) in [5.74, 6) is 1.38. The van der Waals surface area contributed by atoms with E-state index in [-0.39, 0.29) is 11.7 Å². The maximum atomic E-state index is 11.9. The van der Waals surface area contributed by atoms with E-state index in [1.807, 2.05) is 6.92 Å². The molecule has 0 amide bonds. The predicted octanol–water partition coefficient (Wildman–Crippen LogP) is 2.55. The zero-order valence-electron chi connectivity index (χ0n) is 14.2. The fraction of sp³-hybridized carbons (Fsp3) is 0.875. The van der Waals surface area contributed by atoms with Gasteiger partial charge in [-0.3, -0.25) is 4.98 Å². The number of nitrogens with zero attached hydrogens (tertiary/aromatic N) is 2. The first-order chi connectivity index (χ1) is 10.4. The first kappa shape index (κ1) is 17.6. The average molecular weight is 327 g/mol. The SMILES string of the molecule is CCc1nn(C(C)CCC(C)C2CCC(C(C)S)N2)c(=O)[nH]1. The summed E-state index contributed by atoms with van der Waals surface area (Å²) in [6.07, 6.45) is 5.30. The lowest BCUT2D eigenvalue weighted by Crippen LogP contribution is -2.38. The largest absolute Gasteiger partial charge is 0.343 e. The lowest BCUT2D eigenvalue weighted by molar-refractivity contribution is 0.333. The van der Waals surface area contributed by atoms with E-state index in [1.54, 1.807) is 4.68 Å². The molecule has 2 rings (SSSR count). The molecule has 0 bridgehead atoms. The molecule has 0 saturated carbocycles. The van der Waals surface area contributed by atoms with Crippen LogP contribution in [-0.2, 0) is 6.42 Å². The predicted molar refractivity (Wildman–Crippen MR) is 93.7 cm³/mol. The van der Waals surface area contributed by atoms with Gasteiger partial charge in [0.05, 0.1) is 6.04 Å². The lowest BCUT2D eigenvalue weighted by atomic mass is 9.94. The minimum absolute atomic E-state index is 0.0834. The number of H-pyrrole nitrogens is 1. The molecule has 0 aliphatic carbocycles. The number of aryl methyl sites for hydroxylation is 1. The molecule has 1 saturated heterocycles. The highest BCUT2D eigenvalue weighted by Gasteiger charge is 2.29. The third kappa shape index (κ3) is 4.16. The number of thiol groups is 1. The Morgan fingerprint density at radius 1 is 1.27 bits per heavy atom. The molecule has 1 aliphatic heterocycles. The van der Waals surface area contributed by atoms with E-state index in [1.165, 1.54) is 12.8 Å². The van der Waals surface area contributed by atoms with E-state index < -0.39 is 0 Å². The van der Waals surface area contributed by atoms with Gasteiger partial charge in [-0.25, -0.2) is 9.48 Å². The van der Waals surface area contributed by atoms with E-state index in [0.29, 0.717) is 23.3 Å². The van der Waals surface area contributed by atoms with Gasteiger partial charge in [0.15, 0.2) is 0 Å². The van der Waals surface area contributed by atoms with Crippen molar-refractivity contribution in [3.63, 3.8) is 0 Å². The van der Waals surface area contributed by atoms with Gasteiger partial charge in [0, 0.05) is 23.8 Å². The molecular weight excluding hydrogens is 296 g/mol. The standard InChI is InChI=1S/C16H30N4OS/c1-5-15-18-16(21)20(19-15)11(3)7-6-10(2)13-8-9-14(17-13)12(4)22/h10-14,17,22H,5-9H2,1-4H3,(H,18,19,21). The molecule has 22 heavy (non-hydrogen) atoms. The van der Waals surface area contributed by atoms with Crippen LogP contribution >= 0.6 is 12.6 Å². The van der Waals surface area contributed by atoms with Gasteiger partial charge in [-0.15, -0.1) is 0 Å². The minimum Gasteiger partial charge on any atom is -0.310 e. The van der Waals surface area contributed by atoms with Crippen LogP contribution in [0.3, 0.4) is 0 Å². The zero-order valence-corrected chi connectivity index (χ0v) is 15.1. The Hall–Kier alpha value is -0.750. The number of hydrogen-bond acceptors (Lipinski definition) is 4. The normalized spacial score (nSPS) is 26.0. The molecule has 0 spiro atoms. The molecule has 0 aromatic carbocycles. The van der Waals surface area contributed by atoms with Crippen LogP contribution in [0.1, 0.15) is 65.2 Å². The molecule has 1 aromatic heterocycles. The molecule has 1 aliphatic rings. The van der Waals surface area contributed by atoms with Crippen LogP contribution in [-0.4, -0.2) is 32.1 Å². The van der Waals surface area contributed by atoms with Crippen molar-refractivity contribution >= 4 is 12.6 Å². The number of hydrogen-bond donors (Lipinski definition) is 3. The highest BCUT2D eigenvalue weighted by atomic mass is 32.1. The number of nitrogens with one attached hydrogen (secondary N) is 2. The van der Waals surface area contributed by atoms with Crippen LogP contribution in [0.15, 0.2) is 4.79 Å². The topological polar surface area (TPSA) is 62.7 Å². The molecule has 126 valence electrons. The Balaban J connectivity index is 1.84. The Bertz CT molecular complexity index is 524. The van der Waals surface area contributed by atoms with Gasteiger partial charge >= 0.3 is 5.69 Å². The highest BCUT2D eigenvalue weighted by molar-refractivity contribution is 7.81. The summed E-state index contributed by atoms with van der Waals surface area (Å²) in [4.78, 5) is 14.7. The van der Waals surface area contributed by atoms with Crippen molar-refractivity contribution in [2.24, 2.45) is 5.92 Å². The summed E-state index contributed by atoms with van der Waals surface area (Å²) in [6, 6.07) is 1.26. The third-order valence-corrected chi connectivity index (χ3v) is 5.33. The van der Waals surface area contributed by atoms with Crippen molar-refractivity contribution in [3.05, 3.63) is 16.3 Å². The molecule has 0 radical (unpaired) electrons. The summed E-state index contributed by atoms with van der Waals surface area (Å²) in [6.45, 7) is 8.54. The minimum atomic E-state index is -0.0834. The molecule has 1 fully saturated rings. The number of aromatic nitrogens is 3. The second-order valence-electron chi connectivity index (χ2n) is 6.78. The molecule has 5 atom stereocenters. The molecule has 6 heteroatoms. The zero-order chi connectivity index (χ0) is 16.3. The summed E-state index contributed by atoms with van der Waals surface area (Å²) in [7, 11) is 0. The van der Waals surface area contributed by atoms with Crippen molar-refractivity contribution in [3.8, 4) is 0 Å². The first-order valence-corrected chi connectivity index (χ1v) is 9.05. The smallest absolute Gasteiger partial charge is 0.310 e. The van der Waals surface area contributed by atoms with Crippen molar-refractivity contribution in [1.82, 2.24) is 20.1 Å². The van der Waals surface area contributed by atoms with Crippen molar-refractivity contribution in [2.45, 2.75) is 83.2 Å². The van der Waals surface area contributed by atoms with Gasteiger partial charge in [0.25, 0.3) is 0 Å². The Labute approximate surface area is 138 Å². The monoisotopic (exact) mass is 326 g/mol. The molecule has 2 N–H and O–H groups in total. The fourth-order valence-electron chi connectivity index (χ4n) is 3.30. The van der Waals surface area contributed by atoms with Gasteiger partial charge in [0.1, 0.15) is 5.82 Å². The second kappa shape index (κ2) is 7.68. The van der Waals surface area contributed by atoms with Crippen LogP contribution in [0.4, 0.5) is 0 Å². The second-order valence-corrected chi connectivity index (χ2v) is 7.59. The quantitative estimate of drug-likeness (QED) is 0.675. The van der Waals surface area contributed by atoms with Gasteiger partial charge in [-0.1, -0.05) is 20.8 Å². The van der Waals surface area contributed by atoms with Crippen LogP contribution in [0.5, 0.6) is 0 Å². The highest BCUT2D eigenvalue weighted by Crippen LogP contribution is 2.26. The van der Waals surface area contributed by atoms with E-state index in [4.69, 9.17) is 0 Å². The van der Waals surface area contributed by atoms with Crippen molar-refractivity contribution < 1.29 is 0 Å². The van der Waals surface area contributed by atoms with Gasteiger partial charge in [-0.05, 0) is 38.5 Å². The van der Waals surface area contributed by atoms with Crippen LogP contribution in [0.25, 0.3) is 0 Å². The van der Waals surface area contributed by atoms with E-state index in [9.17, 15) is 4.79 Å². The molecule has 5 nitrogen and oxygen atoms in total. The fourth-order valence-corrected chi connectivity index (χ4v) is 3.53. The van der Waals surface area contributed by atoms with Crippen molar-refractivity contribution in [2.75, 3.05) is 0 Å². The molecule has 2 heterocycles. The third-order valence-electron chi connectivity index (χ3n) is 4.97. The van der Waals surface area contributed by atoms with Crippen LogP contribution in [0, 0.1) is 5.92 Å². The van der Waals surface area contributed by atoms with Gasteiger partial charge < -0.3 is 5.32 Å². The molecular formula is C16H30N4OS. The van der Waals surface area contributed by atoms with Gasteiger partial charge in [-0.2, -0.15) is 17.7 Å². The van der Waals surface area contributed by atoms with E-state index in [2.05, 4.69) is 48.8 Å². The van der Waals surface area contributed by atoms with E-state index in [0.717, 1.165) is 25.1 Å². The lowest BCUT2D eigenvalue weighted by Gasteiger charge is -2.23. The Kier molecular flexibility index (Phi) is 6.15. The van der Waals surface area contributed by atoms with E-state index >= 15 is 0 Å². The number of rotatable bonds is 7. The van der Waals surface area contributed by atoms with Crippen molar-refractivity contribution in [1.29, 1.82) is 0 Å². The molecule has 1 aromatic rings. The number of aromatic amines is 1. The summed E-state index contributed by atoms with van der Waals surface area (Å²) < 4.78 is 1.60. The van der Waals surface area contributed by atoms with Crippen LogP contribution in [0.2, 0.25) is 0 Å². The first-order valence-electron chi connectivity index (χ1n) is 8.54. The summed E-state index contributed by atoms with van der Waals surface area (Å²) in [5.41, 5.74) is -0.0834. The average Bonchev–Trinajstić information content (AvgIpc) is 3.11. The summed E-state index contributed by atoms with van der Waals surface area (Å²) >= 11 is 4.55. The summed E-state index contributed by atoms with van der Waals surface area (Å²) in [5, 5.41) is 8.48. The Morgan fingerprint density at radius 3 is 2.50 bits per heavy atom. The maximum Gasteiger partial charge on any atom is 0.343 e. The van der Waals surface area contributed by atoms with Gasteiger partial charge in [0.2, 0.25) is 0 Å². The Morgan fingerprint density at radius 2 is 1.95 bits per heavy atom. The van der Waals surface area contributed by atoms with Crippen LogP contribution < -0.4 is 11.0 Å². The molecule has 5 unspecified atom stereocenters.